The van der Waals surface area contributed by atoms with Crippen LogP contribution in [0.4, 0.5) is 5.69 Å². The molecule has 0 amide bonds. The molecule has 0 aliphatic heterocycles. The lowest BCUT2D eigenvalue weighted by Gasteiger charge is -2.19. The first-order valence-electron chi connectivity index (χ1n) is 7.08. The summed E-state index contributed by atoms with van der Waals surface area (Å²) in [6, 6.07) is 1.68. The average Bonchev–Trinajstić information content (AvgIpc) is 3.12. The van der Waals surface area contributed by atoms with E-state index >= 15 is 0 Å². The molecule has 0 saturated heterocycles. The van der Waals surface area contributed by atoms with Gasteiger partial charge in [-0.2, -0.15) is 5.10 Å². The fourth-order valence-corrected chi connectivity index (χ4v) is 2.50. The van der Waals surface area contributed by atoms with Crippen LogP contribution in [-0.4, -0.2) is 29.9 Å². The normalized spacial score (nSPS) is 16.4. The number of rotatable bonds is 7. The molecular weight excluding hydrogens is 240 g/mol. The minimum atomic E-state index is -0.0104. The zero-order valence-electron chi connectivity index (χ0n) is 11.9. The first-order chi connectivity index (χ1) is 9.10. The van der Waals surface area contributed by atoms with Crippen LogP contribution in [0, 0.1) is 5.41 Å². The second-order valence-corrected chi connectivity index (χ2v) is 5.67. The van der Waals surface area contributed by atoms with Crippen LogP contribution in [-0.2, 0) is 6.54 Å². The Balaban J connectivity index is 2.09. The Kier molecular flexibility index (Phi) is 4.24. The standard InChI is InChI=1S/C14H24N4O/c1-3-8-17(2)12-9-13(19)18(16-10-12)11-14(4-5-14)6-7-15/h9-10H,3-8,11,15H2,1-2H3. The van der Waals surface area contributed by atoms with Crippen molar-refractivity contribution < 1.29 is 0 Å². The van der Waals surface area contributed by atoms with Gasteiger partial charge in [-0.15, -0.1) is 0 Å². The monoisotopic (exact) mass is 264 g/mol. The van der Waals surface area contributed by atoms with E-state index in [1.165, 1.54) is 0 Å². The van der Waals surface area contributed by atoms with Crippen molar-refractivity contribution in [1.29, 1.82) is 0 Å². The van der Waals surface area contributed by atoms with E-state index < -0.39 is 0 Å². The Morgan fingerprint density at radius 2 is 2.26 bits per heavy atom. The van der Waals surface area contributed by atoms with Crippen molar-refractivity contribution in [2.75, 3.05) is 25.0 Å². The van der Waals surface area contributed by atoms with Gasteiger partial charge >= 0.3 is 0 Å². The van der Waals surface area contributed by atoms with Gasteiger partial charge in [0.1, 0.15) is 0 Å². The summed E-state index contributed by atoms with van der Waals surface area (Å²) in [7, 11) is 1.99. The predicted octanol–water partition coefficient (Wildman–Crippen LogP) is 1.22. The molecule has 0 radical (unpaired) electrons. The molecule has 19 heavy (non-hydrogen) atoms. The van der Waals surface area contributed by atoms with Crippen LogP contribution in [0.5, 0.6) is 0 Å². The quantitative estimate of drug-likeness (QED) is 0.804. The molecule has 1 fully saturated rings. The summed E-state index contributed by atoms with van der Waals surface area (Å²) in [4.78, 5) is 14.2. The molecule has 1 aliphatic carbocycles. The predicted molar refractivity (Wildman–Crippen MR) is 77.4 cm³/mol. The Bertz CT molecular complexity index is 479. The third-order valence-electron chi connectivity index (χ3n) is 3.97. The van der Waals surface area contributed by atoms with Gasteiger partial charge in [0, 0.05) is 19.7 Å². The summed E-state index contributed by atoms with van der Waals surface area (Å²) < 4.78 is 1.59. The van der Waals surface area contributed by atoms with Gasteiger partial charge in [-0.3, -0.25) is 4.79 Å². The first-order valence-corrected chi connectivity index (χ1v) is 7.08. The van der Waals surface area contributed by atoms with Crippen LogP contribution < -0.4 is 16.2 Å². The third kappa shape index (κ3) is 3.35. The lowest BCUT2D eigenvalue weighted by Crippen LogP contribution is -2.29. The summed E-state index contributed by atoms with van der Waals surface area (Å²) in [6.07, 6.45) is 6.15. The highest BCUT2D eigenvalue weighted by Gasteiger charge is 2.42. The highest BCUT2D eigenvalue weighted by molar-refractivity contribution is 5.41. The summed E-state index contributed by atoms with van der Waals surface area (Å²) in [6.45, 7) is 4.45. The van der Waals surface area contributed by atoms with E-state index in [1.807, 2.05) is 7.05 Å². The van der Waals surface area contributed by atoms with E-state index in [0.717, 1.165) is 37.9 Å². The zero-order valence-corrected chi connectivity index (χ0v) is 11.9. The molecule has 1 saturated carbocycles. The van der Waals surface area contributed by atoms with Crippen LogP contribution in [0.1, 0.15) is 32.6 Å². The number of hydrogen-bond acceptors (Lipinski definition) is 4. The van der Waals surface area contributed by atoms with Crippen LogP contribution in [0.25, 0.3) is 0 Å². The second kappa shape index (κ2) is 5.74. The number of hydrogen-bond donors (Lipinski definition) is 1. The lowest BCUT2D eigenvalue weighted by atomic mass is 10.0. The SMILES string of the molecule is CCCN(C)c1cnn(CC2(CCN)CC2)c(=O)c1. The Hall–Kier alpha value is -1.36. The molecule has 1 aromatic heterocycles. The van der Waals surface area contributed by atoms with Crippen molar-refractivity contribution >= 4 is 5.69 Å². The largest absolute Gasteiger partial charge is 0.373 e. The van der Waals surface area contributed by atoms with E-state index in [-0.39, 0.29) is 11.0 Å². The van der Waals surface area contributed by atoms with Crippen LogP contribution in [0.2, 0.25) is 0 Å². The maximum atomic E-state index is 12.1. The summed E-state index contributed by atoms with van der Waals surface area (Å²) in [5.41, 5.74) is 6.75. The Morgan fingerprint density at radius 1 is 1.53 bits per heavy atom. The average molecular weight is 264 g/mol. The topological polar surface area (TPSA) is 64.2 Å². The van der Waals surface area contributed by atoms with E-state index in [4.69, 9.17) is 5.73 Å². The van der Waals surface area contributed by atoms with E-state index in [2.05, 4.69) is 16.9 Å². The summed E-state index contributed by atoms with van der Waals surface area (Å²) in [5, 5.41) is 4.31. The van der Waals surface area contributed by atoms with Gasteiger partial charge in [-0.05, 0) is 37.6 Å². The summed E-state index contributed by atoms with van der Waals surface area (Å²) >= 11 is 0. The number of anilines is 1. The molecular formula is C14H24N4O. The zero-order chi connectivity index (χ0) is 13.9. The molecule has 0 atom stereocenters. The molecule has 0 spiro atoms. The smallest absolute Gasteiger partial charge is 0.268 e. The lowest BCUT2D eigenvalue weighted by molar-refractivity contribution is 0.365. The molecule has 5 heteroatoms. The molecule has 106 valence electrons. The Morgan fingerprint density at radius 3 is 2.79 bits per heavy atom. The van der Waals surface area contributed by atoms with Crippen molar-refractivity contribution in [1.82, 2.24) is 9.78 Å². The fourth-order valence-electron chi connectivity index (χ4n) is 2.50. The van der Waals surface area contributed by atoms with Crippen LogP contribution >= 0.6 is 0 Å². The molecule has 2 N–H and O–H groups in total. The third-order valence-corrected chi connectivity index (χ3v) is 3.97. The van der Waals surface area contributed by atoms with Gasteiger partial charge in [0.15, 0.2) is 0 Å². The van der Waals surface area contributed by atoms with Crippen LogP contribution in [0.15, 0.2) is 17.1 Å². The molecule has 1 heterocycles. The minimum absolute atomic E-state index is 0.0104. The van der Waals surface area contributed by atoms with Crippen molar-refractivity contribution in [3.05, 3.63) is 22.6 Å². The second-order valence-electron chi connectivity index (χ2n) is 5.67. The highest BCUT2D eigenvalue weighted by Crippen LogP contribution is 2.49. The molecule has 5 nitrogen and oxygen atoms in total. The number of nitrogens with two attached hydrogens (primary N) is 1. The van der Waals surface area contributed by atoms with Crippen molar-refractivity contribution in [3.8, 4) is 0 Å². The van der Waals surface area contributed by atoms with Gasteiger partial charge in [0.05, 0.1) is 18.4 Å². The maximum absolute atomic E-state index is 12.1. The van der Waals surface area contributed by atoms with Crippen molar-refractivity contribution in [2.45, 2.75) is 39.2 Å². The van der Waals surface area contributed by atoms with Crippen molar-refractivity contribution in [3.63, 3.8) is 0 Å². The Labute approximate surface area is 114 Å². The fraction of sp³-hybridized carbons (Fsp3) is 0.714. The highest BCUT2D eigenvalue weighted by atomic mass is 16.1. The van der Waals surface area contributed by atoms with E-state index in [0.29, 0.717) is 13.1 Å². The van der Waals surface area contributed by atoms with Crippen molar-refractivity contribution in [2.24, 2.45) is 11.1 Å². The molecule has 2 rings (SSSR count). The molecule has 1 aromatic rings. The molecule has 0 bridgehead atoms. The minimum Gasteiger partial charge on any atom is -0.373 e. The number of nitrogens with zero attached hydrogens (tertiary/aromatic N) is 3. The van der Waals surface area contributed by atoms with Gasteiger partial charge in [-0.1, -0.05) is 6.92 Å². The van der Waals surface area contributed by atoms with Crippen LogP contribution in [0.3, 0.4) is 0 Å². The molecule has 1 aliphatic rings. The molecule has 0 aromatic carbocycles. The van der Waals surface area contributed by atoms with Gasteiger partial charge in [-0.25, -0.2) is 4.68 Å². The molecule has 0 unspecified atom stereocenters. The van der Waals surface area contributed by atoms with E-state index in [9.17, 15) is 4.79 Å². The summed E-state index contributed by atoms with van der Waals surface area (Å²) in [5.74, 6) is 0. The number of aromatic nitrogens is 2. The van der Waals surface area contributed by atoms with E-state index in [1.54, 1.807) is 16.9 Å². The maximum Gasteiger partial charge on any atom is 0.268 e. The van der Waals surface area contributed by atoms with Gasteiger partial charge < -0.3 is 10.6 Å². The van der Waals surface area contributed by atoms with Gasteiger partial charge in [0.25, 0.3) is 5.56 Å². The van der Waals surface area contributed by atoms with Gasteiger partial charge in [0.2, 0.25) is 0 Å². The first kappa shape index (κ1) is 14.1.